The van der Waals surface area contributed by atoms with Gasteiger partial charge in [-0.05, 0) is 18.9 Å². The first-order valence-corrected chi connectivity index (χ1v) is 7.48. The molecule has 1 atom stereocenters. The molecular weight excluding hydrogens is 298 g/mol. The van der Waals surface area contributed by atoms with E-state index in [1.165, 1.54) is 6.33 Å². The third kappa shape index (κ3) is 2.86. The van der Waals surface area contributed by atoms with Gasteiger partial charge in [0, 0.05) is 24.5 Å². The molecule has 0 amide bonds. The first kappa shape index (κ1) is 15.3. The molecule has 122 valence electrons. The first-order chi connectivity index (χ1) is 11.1. The fourth-order valence-corrected chi connectivity index (χ4v) is 2.99. The maximum atomic E-state index is 11.3. The lowest BCUT2D eigenvalue weighted by Crippen LogP contribution is -2.39. The highest BCUT2D eigenvalue weighted by molar-refractivity contribution is 5.92. The Labute approximate surface area is 133 Å². The summed E-state index contributed by atoms with van der Waals surface area (Å²) in [5.41, 5.74) is 0.741. The van der Waals surface area contributed by atoms with E-state index in [4.69, 9.17) is 9.47 Å². The van der Waals surface area contributed by atoms with Gasteiger partial charge < -0.3 is 19.5 Å². The molecule has 2 aromatic rings. The van der Waals surface area contributed by atoms with E-state index in [0.29, 0.717) is 24.5 Å². The number of nitrogens with zero attached hydrogens (tertiary/aromatic N) is 3. The lowest BCUT2D eigenvalue weighted by atomic mass is 9.98. The lowest BCUT2D eigenvalue weighted by molar-refractivity contribution is -0.141. The summed E-state index contributed by atoms with van der Waals surface area (Å²) in [7, 11) is 3.16. The minimum atomic E-state index is -0.757. The maximum Gasteiger partial charge on any atom is 0.308 e. The third-order valence-corrected chi connectivity index (χ3v) is 4.19. The van der Waals surface area contributed by atoms with E-state index in [-0.39, 0.29) is 5.92 Å². The molecule has 0 bridgehead atoms. The van der Waals surface area contributed by atoms with E-state index in [0.717, 1.165) is 29.7 Å². The van der Waals surface area contributed by atoms with Gasteiger partial charge in [0.2, 0.25) is 0 Å². The molecule has 1 saturated heterocycles. The van der Waals surface area contributed by atoms with Crippen LogP contribution in [-0.2, 0) is 4.79 Å². The van der Waals surface area contributed by atoms with Gasteiger partial charge in [-0.15, -0.1) is 0 Å². The molecule has 1 aliphatic heterocycles. The number of benzene rings is 1. The zero-order valence-electron chi connectivity index (χ0n) is 13.2. The lowest BCUT2D eigenvalue weighted by Gasteiger charge is -2.32. The highest BCUT2D eigenvalue weighted by Crippen LogP contribution is 2.35. The number of carboxylic acid groups (broad SMARTS) is 1. The molecule has 1 aliphatic rings. The monoisotopic (exact) mass is 317 g/mol. The van der Waals surface area contributed by atoms with Crippen molar-refractivity contribution in [2.45, 2.75) is 12.8 Å². The van der Waals surface area contributed by atoms with Crippen LogP contribution in [0.1, 0.15) is 12.8 Å². The molecule has 1 aromatic heterocycles. The fraction of sp³-hybridized carbons (Fsp3) is 0.438. The summed E-state index contributed by atoms with van der Waals surface area (Å²) < 4.78 is 10.7. The van der Waals surface area contributed by atoms with Crippen molar-refractivity contribution in [1.82, 2.24) is 9.97 Å². The topological polar surface area (TPSA) is 84.8 Å². The molecule has 0 aliphatic carbocycles. The fourth-order valence-electron chi connectivity index (χ4n) is 2.99. The Morgan fingerprint density at radius 2 is 2.00 bits per heavy atom. The number of ether oxygens (including phenoxy) is 2. The number of hydrogen-bond acceptors (Lipinski definition) is 6. The van der Waals surface area contributed by atoms with Crippen LogP contribution >= 0.6 is 0 Å². The van der Waals surface area contributed by atoms with Crippen LogP contribution in [0.15, 0.2) is 18.5 Å². The van der Waals surface area contributed by atoms with Crippen molar-refractivity contribution < 1.29 is 19.4 Å². The first-order valence-electron chi connectivity index (χ1n) is 7.48. The number of piperidine rings is 1. The van der Waals surface area contributed by atoms with Crippen LogP contribution in [0.5, 0.6) is 11.5 Å². The molecule has 23 heavy (non-hydrogen) atoms. The Balaban J connectivity index is 2.05. The number of rotatable bonds is 4. The maximum absolute atomic E-state index is 11.3. The molecule has 7 heteroatoms. The number of aromatic nitrogens is 2. The van der Waals surface area contributed by atoms with Gasteiger partial charge in [-0.25, -0.2) is 9.97 Å². The smallest absolute Gasteiger partial charge is 0.308 e. The van der Waals surface area contributed by atoms with Gasteiger partial charge in [0.05, 0.1) is 25.7 Å². The van der Waals surface area contributed by atoms with Gasteiger partial charge in [0.25, 0.3) is 0 Å². The predicted octanol–water partition coefficient (Wildman–Crippen LogP) is 1.95. The van der Waals surface area contributed by atoms with E-state index in [1.54, 1.807) is 20.3 Å². The van der Waals surface area contributed by atoms with Gasteiger partial charge in [-0.1, -0.05) is 0 Å². The summed E-state index contributed by atoms with van der Waals surface area (Å²) in [6.07, 6.45) is 3.02. The summed E-state index contributed by atoms with van der Waals surface area (Å²) in [5.74, 6) is 0.817. The minimum Gasteiger partial charge on any atom is -0.493 e. The highest BCUT2D eigenvalue weighted by Gasteiger charge is 2.27. The van der Waals surface area contributed by atoms with Crippen LogP contribution in [0.2, 0.25) is 0 Å². The Hall–Kier alpha value is -2.57. The number of anilines is 1. The number of aliphatic carboxylic acids is 1. The van der Waals surface area contributed by atoms with E-state index in [2.05, 4.69) is 9.97 Å². The van der Waals surface area contributed by atoms with E-state index in [1.807, 2.05) is 11.0 Å². The van der Waals surface area contributed by atoms with Crippen molar-refractivity contribution in [3.8, 4) is 11.5 Å². The highest BCUT2D eigenvalue weighted by atomic mass is 16.5. The van der Waals surface area contributed by atoms with Crippen molar-refractivity contribution in [3.63, 3.8) is 0 Å². The Morgan fingerprint density at radius 3 is 2.70 bits per heavy atom. The molecule has 1 fully saturated rings. The van der Waals surface area contributed by atoms with Crippen LogP contribution < -0.4 is 14.4 Å². The third-order valence-electron chi connectivity index (χ3n) is 4.19. The molecule has 0 radical (unpaired) electrons. The zero-order valence-corrected chi connectivity index (χ0v) is 13.2. The summed E-state index contributed by atoms with van der Waals surface area (Å²) in [5, 5.41) is 10.1. The molecule has 0 saturated carbocycles. The number of methoxy groups -OCH3 is 2. The summed E-state index contributed by atoms with van der Waals surface area (Å²) >= 11 is 0. The van der Waals surface area contributed by atoms with Crippen LogP contribution in [-0.4, -0.2) is 48.4 Å². The molecule has 1 unspecified atom stereocenters. The summed E-state index contributed by atoms with van der Waals surface area (Å²) in [4.78, 5) is 22.0. The second-order valence-corrected chi connectivity index (χ2v) is 5.55. The van der Waals surface area contributed by atoms with Gasteiger partial charge in [0.15, 0.2) is 11.5 Å². The van der Waals surface area contributed by atoms with Crippen molar-refractivity contribution >= 4 is 22.7 Å². The van der Waals surface area contributed by atoms with Crippen molar-refractivity contribution in [2.24, 2.45) is 5.92 Å². The number of carbonyl (C=O) groups is 1. The van der Waals surface area contributed by atoms with Gasteiger partial charge in [-0.2, -0.15) is 0 Å². The minimum absolute atomic E-state index is 0.367. The number of fused-ring (bicyclic) bond motifs is 1. The normalized spacial score (nSPS) is 18.0. The largest absolute Gasteiger partial charge is 0.493 e. The molecule has 3 rings (SSSR count). The average Bonchev–Trinajstić information content (AvgIpc) is 2.59. The summed E-state index contributed by atoms with van der Waals surface area (Å²) in [6, 6.07) is 3.64. The number of carboxylic acids is 1. The second kappa shape index (κ2) is 6.28. The molecule has 1 N–H and O–H groups in total. The second-order valence-electron chi connectivity index (χ2n) is 5.55. The summed E-state index contributed by atoms with van der Waals surface area (Å²) in [6.45, 7) is 1.24. The van der Waals surface area contributed by atoms with Crippen molar-refractivity contribution in [2.75, 3.05) is 32.2 Å². The Morgan fingerprint density at radius 1 is 1.26 bits per heavy atom. The molecule has 2 heterocycles. The van der Waals surface area contributed by atoms with E-state index in [9.17, 15) is 9.90 Å². The molecular formula is C16H19N3O4. The van der Waals surface area contributed by atoms with Crippen LogP contribution in [0.4, 0.5) is 5.82 Å². The van der Waals surface area contributed by atoms with Crippen LogP contribution in [0, 0.1) is 5.92 Å². The standard InChI is InChI=1S/C16H19N3O4/c1-22-13-6-11-12(7-14(13)23-2)17-9-18-15(11)19-5-3-4-10(8-19)16(20)21/h6-7,9-10H,3-5,8H2,1-2H3,(H,20,21). The Bertz CT molecular complexity index is 735. The Kier molecular flexibility index (Phi) is 4.18. The number of hydrogen-bond donors (Lipinski definition) is 1. The van der Waals surface area contributed by atoms with Gasteiger partial charge in [0.1, 0.15) is 12.1 Å². The molecule has 0 spiro atoms. The quantitative estimate of drug-likeness (QED) is 0.922. The van der Waals surface area contributed by atoms with Gasteiger partial charge in [-0.3, -0.25) is 4.79 Å². The zero-order chi connectivity index (χ0) is 16.4. The van der Waals surface area contributed by atoms with Gasteiger partial charge >= 0.3 is 5.97 Å². The van der Waals surface area contributed by atoms with Crippen molar-refractivity contribution in [3.05, 3.63) is 18.5 Å². The van der Waals surface area contributed by atoms with E-state index < -0.39 is 5.97 Å². The van der Waals surface area contributed by atoms with Crippen molar-refractivity contribution in [1.29, 1.82) is 0 Å². The average molecular weight is 317 g/mol. The molecule has 1 aromatic carbocycles. The predicted molar refractivity (Wildman–Crippen MR) is 85.2 cm³/mol. The molecule has 7 nitrogen and oxygen atoms in total. The van der Waals surface area contributed by atoms with Crippen LogP contribution in [0.25, 0.3) is 10.9 Å². The van der Waals surface area contributed by atoms with Crippen LogP contribution in [0.3, 0.4) is 0 Å². The van der Waals surface area contributed by atoms with E-state index >= 15 is 0 Å². The SMILES string of the molecule is COc1cc2ncnc(N3CCCC(C(=O)O)C3)c2cc1OC.